The van der Waals surface area contributed by atoms with Gasteiger partial charge < -0.3 is 10.1 Å². The van der Waals surface area contributed by atoms with E-state index in [4.69, 9.17) is 4.74 Å². The van der Waals surface area contributed by atoms with E-state index in [1.54, 1.807) is 6.20 Å². The molecule has 0 radical (unpaired) electrons. The number of halogens is 3. The molecule has 0 atom stereocenters. The average Bonchev–Trinajstić information content (AvgIpc) is 2.55. The summed E-state index contributed by atoms with van der Waals surface area (Å²) in [6.07, 6.45) is 3.59. The van der Waals surface area contributed by atoms with E-state index in [9.17, 15) is 13.2 Å². The summed E-state index contributed by atoms with van der Waals surface area (Å²) >= 11 is 0. The highest BCUT2D eigenvalue weighted by molar-refractivity contribution is 5.29. The Morgan fingerprint density at radius 3 is 2.52 bits per heavy atom. The lowest BCUT2D eigenvalue weighted by Gasteiger charge is -2.24. The first-order valence-corrected chi connectivity index (χ1v) is 7.57. The van der Waals surface area contributed by atoms with Crippen molar-refractivity contribution < 1.29 is 17.9 Å². The van der Waals surface area contributed by atoms with Crippen LogP contribution in [0, 0.1) is 17.5 Å². The van der Waals surface area contributed by atoms with Crippen molar-refractivity contribution in [2.75, 3.05) is 13.1 Å². The normalized spacial score (nSPS) is 15.6. The Labute approximate surface area is 132 Å². The fraction of sp³-hybridized carbons (Fsp3) is 0.353. The Bertz CT molecular complexity index is 664. The monoisotopic (exact) mass is 322 g/mol. The van der Waals surface area contributed by atoms with Crippen LogP contribution < -0.4 is 10.1 Å². The molecule has 1 aromatic heterocycles. The lowest BCUT2D eigenvalue weighted by molar-refractivity contribution is 0.266. The Balaban J connectivity index is 1.79. The molecule has 2 heterocycles. The van der Waals surface area contributed by atoms with E-state index in [0.717, 1.165) is 31.5 Å². The van der Waals surface area contributed by atoms with Crippen LogP contribution >= 0.6 is 0 Å². The van der Waals surface area contributed by atoms with Gasteiger partial charge in [-0.25, -0.2) is 13.2 Å². The zero-order chi connectivity index (χ0) is 16.2. The first kappa shape index (κ1) is 15.8. The highest BCUT2D eigenvalue weighted by Crippen LogP contribution is 2.29. The van der Waals surface area contributed by atoms with Crippen LogP contribution in [0.3, 0.4) is 0 Å². The molecule has 1 N–H and O–H groups in total. The molecule has 1 aliphatic heterocycles. The van der Waals surface area contributed by atoms with E-state index in [2.05, 4.69) is 10.3 Å². The molecule has 1 saturated heterocycles. The minimum Gasteiger partial charge on any atom is -0.481 e. The molecular weight excluding hydrogens is 305 g/mol. The molecule has 0 bridgehead atoms. The number of aromatic nitrogens is 1. The lowest BCUT2D eigenvalue weighted by atomic mass is 9.89. The smallest absolute Gasteiger partial charge is 0.191 e. The molecule has 1 aliphatic rings. The zero-order valence-corrected chi connectivity index (χ0v) is 12.5. The molecule has 23 heavy (non-hydrogen) atoms. The molecule has 0 amide bonds. The number of hydrogen-bond acceptors (Lipinski definition) is 3. The third kappa shape index (κ3) is 3.64. The quantitative estimate of drug-likeness (QED) is 0.935. The maximum absolute atomic E-state index is 13.6. The van der Waals surface area contributed by atoms with Crippen molar-refractivity contribution >= 4 is 0 Å². The fourth-order valence-corrected chi connectivity index (χ4v) is 2.88. The minimum atomic E-state index is -1.05. The third-order valence-electron chi connectivity index (χ3n) is 4.02. The van der Waals surface area contributed by atoms with E-state index >= 15 is 0 Å². The van der Waals surface area contributed by atoms with Crippen LogP contribution in [-0.4, -0.2) is 18.1 Å². The number of piperidine rings is 1. The van der Waals surface area contributed by atoms with Gasteiger partial charge in [0.05, 0.1) is 5.69 Å². The number of pyridine rings is 1. The summed E-state index contributed by atoms with van der Waals surface area (Å²) in [5.41, 5.74) is 1.69. The number of rotatable bonds is 4. The van der Waals surface area contributed by atoms with E-state index in [1.807, 2.05) is 12.1 Å². The van der Waals surface area contributed by atoms with Gasteiger partial charge in [0, 0.05) is 18.3 Å². The molecule has 3 rings (SSSR count). The predicted molar refractivity (Wildman–Crippen MR) is 79.7 cm³/mol. The molecule has 122 valence electrons. The van der Waals surface area contributed by atoms with Gasteiger partial charge in [0.15, 0.2) is 17.4 Å². The highest BCUT2D eigenvalue weighted by Gasteiger charge is 2.20. The molecule has 1 aromatic carbocycles. The lowest BCUT2D eigenvalue weighted by Crippen LogP contribution is -2.27. The van der Waals surface area contributed by atoms with Gasteiger partial charge in [0.1, 0.15) is 12.4 Å². The maximum atomic E-state index is 13.6. The summed E-state index contributed by atoms with van der Waals surface area (Å²) in [6, 6.07) is 5.02. The first-order chi connectivity index (χ1) is 11.1. The van der Waals surface area contributed by atoms with Crippen LogP contribution in [0.1, 0.15) is 30.0 Å². The van der Waals surface area contributed by atoms with Crippen LogP contribution in [0.2, 0.25) is 0 Å². The van der Waals surface area contributed by atoms with Crippen LogP contribution in [0.25, 0.3) is 0 Å². The summed E-state index contributed by atoms with van der Waals surface area (Å²) in [5, 5.41) is 3.30. The van der Waals surface area contributed by atoms with Gasteiger partial charge in [0.2, 0.25) is 0 Å². The Morgan fingerprint density at radius 1 is 1.13 bits per heavy atom. The van der Waals surface area contributed by atoms with Gasteiger partial charge in [0.25, 0.3) is 0 Å². The predicted octanol–water partition coefficient (Wildman–Crippen LogP) is 3.54. The topological polar surface area (TPSA) is 34.1 Å². The highest BCUT2D eigenvalue weighted by atomic mass is 19.1. The second-order valence-corrected chi connectivity index (χ2v) is 5.55. The number of hydrogen-bond donors (Lipinski definition) is 1. The van der Waals surface area contributed by atoms with E-state index in [0.29, 0.717) is 23.7 Å². The van der Waals surface area contributed by atoms with Crippen LogP contribution in [-0.2, 0) is 6.61 Å². The van der Waals surface area contributed by atoms with Gasteiger partial charge in [-0.3, -0.25) is 4.98 Å². The van der Waals surface area contributed by atoms with Crippen molar-refractivity contribution in [1.82, 2.24) is 10.3 Å². The van der Waals surface area contributed by atoms with Crippen molar-refractivity contribution in [2.45, 2.75) is 25.4 Å². The molecule has 0 aliphatic carbocycles. The van der Waals surface area contributed by atoms with Crippen LogP contribution in [0.5, 0.6) is 5.75 Å². The van der Waals surface area contributed by atoms with Gasteiger partial charge in [-0.15, -0.1) is 0 Å². The van der Waals surface area contributed by atoms with Crippen LogP contribution in [0.15, 0.2) is 30.5 Å². The summed E-state index contributed by atoms with van der Waals surface area (Å²) in [4.78, 5) is 4.28. The second kappa shape index (κ2) is 7.00. The summed E-state index contributed by atoms with van der Waals surface area (Å²) in [6.45, 7) is 1.81. The van der Waals surface area contributed by atoms with Crippen molar-refractivity contribution in [2.24, 2.45) is 0 Å². The molecule has 6 heteroatoms. The average molecular weight is 322 g/mol. The first-order valence-electron chi connectivity index (χ1n) is 7.57. The van der Waals surface area contributed by atoms with Gasteiger partial charge in [-0.1, -0.05) is 6.07 Å². The third-order valence-corrected chi connectivity index (χ3v) is 4.02. The molecule has 0 unspecified atom stereocenters. The number of benzene rings is 1. The van der Waals surface area contributed by atoms with Gasteiger partial charge >= 0.3 is 0 Å². The van der Waals surface area contributed by atoms with Gasteiger partial charge in [-0.2, -0.15) is 0 Å². The summed E-state index contributed by atoms with van der Waals surface area (Å²) in [7, 11) is 0. The Morgan fingerprint density at radius 2 is 1.83 bits per heavy atom. The summed E-state index contributed by atoms with van der Waals surface area (Å²) < 4.78 is 45.4. The standard InChI is InChI=1S/C17H17F3N2O/c18-12-8-14(19)17(15(20)9-12)23-10-16-13(2-1-5-22-16)11-3-6-21-7-4-11/h1-2,5,8-9,11,21H,3-4,6-7,10H2. The van der Waals surface area contributed by atoms with Crippen molar-refractivity contribution in [3.63, 3.8) is 0 Å². The van der Waals surface area contributed by atoms with Gasteiger partial charge in [-0.05, 0) is 43.5 Å². The van der Waals surface area contributed by atoms with Crippen molar-refractivity contribution in [1.29, 1.82) is 0 Å². The number of nitrogens with zero attached hydrogens (tertiary/aromatic N) is 1. The molecule has 2 aromatic rings. The van der Waals surface area contributed by atoms with Crippen molar-refractivity contribution in [3.8, 4) is 5.75 Å². The molecular formula is C17H17F3N2O. The largest absolute Gasteiger partial charge is 0.481 e. The number of ether oxygens (including phenoxy) is 1. The van der Waals surface area contributed by atoms with E-state index in [-0.39, 0.29) is 6.61 Å². The SMILES string of the molecule is Fc1cc(F)c(OCc2ncccc2C2CCNCC2)c(F)c1. The Hall–Kier alpha value is -2.08. The molecule has 0 saturated carbocycles. The minimum absolute atomic E-state index is 0.0560. The Kier molecular flexibility index (Phi) is 4.81. The second-order valence-electron chi connectivity index (χ2n) is 5.55. The fourth-order valence-electron chi connectivity index (χ4n) is 2.88. The van der Waals surface area contributed by atoms with E-state index < -0.39 is 23.2 Å². The molecule has 0 spiro atoms. The molecule has 3 nitrogen and oxygen atoms in total. The molecule has 1 fully saturated rings. The van der Waals surface area contributed by atoms with Crippen LogP contribution in [0.4, 0.5) is 13.2 Å². The summed E-state index contributed by atoms with van der Waals surface area (Å²) in [5.74, 6) is -3.30. The zero-order valence-electron chi connectivity index (χ0n) is 12.5. The van der Waals surface area contributed by atoms with Crippen molar-refractivity contribution in [3.05, 3.63) is 59.2 Å². The van der Waals surface area contributed by atoms with E-state index in [1.165, 1.54) is 0 Å². The maximum Gasteiger partial charge on any atom is 0.191 e. The number of nitrogens with one attached hydrogen (secondary N) is 1.